The number of hydrogen-bond donors (Lipinski definition) is 5. The molecule has 5 aromatic rings. The number of carbonyl (C=O) groups excluding carboxylic acids is 1. The molecule has 0 spiro atoms. The summed E-state index contributed by atoms with van der Waals surface area (Å²) in [5, 5.41) is 52.4. The zero-order valence-electron chi connectivity index (χ0n) is 28.6. The predicted molar refractivity (Wildman–Crippen MR) is 195 cm³/mol. The number of benzene rings is 5. The minimum Gasteiger partial charge on any atom is -0.488 e. The molecule has 264 valence electrons. The van der Waals surface area contributed by atoms with Gasteiger partial charge in [-0.15, -0.1) is 0 Å². The average molecular weight is 688 g/mol. The minimum atomic E-state index is -2.34. The zero-order valence-corrected chi connectivity index (χ0v) is 28.6. The average Bonchev–Trinajstić information content (AvgIpc) is 3.13. The van der Waals surface area contributed by atoms with Crippen molar-refractivity contribution in [1.82, 2.24) is 0 Å². The molecule has 1 amide bonds. The quantitative estimate of drug-likeness (QED) is 0.119. The van der Waals surface area contributed by atoms with Gasteiger partial charge in [0, 0.05) is 31.2 Å². The number of amides is 1. The summed E-state index contributed by atoms with van der Waals surface area (Å²) in [6, 6.07) is 43.3. The normalized spacial score (nSPS) is 25.8. The number of rotatable bonds is 13. The van der Waals surface area contributed by atoms with E-state index in [0.717, 1.165) is 5.56 Å². The Hall–Kier alpha value is -4.83. The van der Waals surface area contributed by atoms with Gasteiger partial charge in [0.2, 0.25) is 5.91 Å². The van der Waals surface area contributed by atoms with Crippen LogP contribution in [0.2, 0.25) is 0 Å². The van der Waals surface area contributed by atoms with E-state index < -0.39 is 47.1 Å². The predicted octanol–water partition coefficient (Wildman–Crippen LogP) is 4.85. The molecule has 0 saturated carbocycles. The number of hydrogen-bond acceptors (Lipinski definition) is 7. The maximum atomic E-state index is 13.6. The molecule has 0 aliphatic carbocycles. The number of nitrogens with two attached hydrogens (primary N) is 1. The summed E-state index contributed by atoms with van der Waals surface area (Å²) in [6.07, 6.45) is -5.37. The van der Waals surface area contributed by atoms with Gasteiger partial charge in [0.05, 0.1) is 6.10 Å². The van der Waals surface area contributed by atoms with Gasteiger partial charge in [0.1, 0.15) is 40.9 Å². The lowest BCUT2D eigenvalue weighted by atomic mass is 9.57. The van der Waals surface area contributed by atoms with Crippen molar-refractivity contribution < 1.29 is 34.7 Å². The highest BCUT2D eigenvalue weighted by Gasteiger charge is 2.73. The van der Waals surface area contributed by atoms with Gasteiger partial charge in [-0.3, -0.25) is 4.79 Å². The van der Waals surface area contributed by atoms with Gasteiger partial charge in [-0.2, -0.15) is 0 Å². The number of aliphatic hydroxyl groups excluding tert-OH is 1. The van der Waals surface area contributed by atoms with Crippen LogP contribution in [0.4, 0.5) is 0 Å². The van der Waals surface area contributed by atoms with Crippen molar-refractivity contribution in [3.63, 3.8) is 0 Å². The fraction of sp³-hybridized carbons (Fsp3) is 0.279. The maximum Gasteiger partial charge on any atom is 0.248 e. The van der Waals surface area contributed by atoms with Gasteiger partial charge < -0.3 is 35.6 Å². The van der Waals surface area contributed by atoms with Crippen LogP contribution in [0.5, 0.6) is 5.75 Å². The van der Waals surface area contributed by atoms with Crippen molar-refractivity contribution in [1.29, 1.82) is 0 Å². The van der Waals surface area contributed by atoms with Crippen LogP contribution >= 0.6 is 0 Å². The monoisotopic (exact) mass is 687 g/mol. The van der Waals surface area contributed by atoms with Crippen molar-refractivity contribution in [3.05, 3.63) is 173 Å². The topological polar surface area (TPSA) is 142 Å². The molecule has 0 radical (unpaired) electrons. The first-order chi connectivity index (χ1) is 24.5. The molecule has 6 N–H and O–H groups in total. The van der Waals surface area contributed by atoms with Gasteiger partial charge in [-0.25, -0.2) is 0 Å². The Morgan fingerprint density at radius 3 is 1.61 bits per heavy atom. The summed E-state index contributed by atoms with van der Waals surface area (Å²) in [5.74, 6) is -0.336. The summed E-state index contributed by atoms with van der Waals surface area (Å²) in [4.78, 5) is 12.0. The molecule has 0 aromatic heterocycles. The Bertz CT molecular complexity index is 1880. The molecular formula is C43H45NO7. The van der Waals surface area contributed by atoms with Gasteiger partial charge in [0.25, 0.3) is 0 Å². The van der Waals surface area contributed by atoms with E-state index in [1.54, 1.807) is 25.1 Å². The van der Waals surface area contributed by atoms with Crippen LogP contribution in [0.15, 0.2) is 146 Å². The van der Waals surface area contributed by atoms with E-state index in [0.29, 0.717) is 22.4 Å². The Labute approximate surface area is 298 Å². The minimum absolute atomic E-state index is 0.101. The van der Waals surface area contributed by atoms with E-state index in [-0.39, 0.29) is 31.2 Å². The summed E-state index contributed by atoms with van der Waals surface area (Å²) in [6.45, 7) is 1.70. The lowest BCUT2D eigenvalue weighted by Crippen LogP contribution is -2.84. The van der Waals surface area contributed by atoms with E-state index in [2.05, 4.69) is 0 Å². The van der Waals surface area contributed by atoms with Gasteiger partial charge in [0.15, 0.2) is 0 Å². The third-order valence-electron chi connectivity index (χ3n) is 10.1. The summed E-state index contributed by atoms with van der Waals surface area (Å²) in [5.41, 5.74) is 1.82. The van der Waals surface area contributed by atoms with Crippen molar-refractivity contribution in [3.8, 4) is 5.75 Å². The number of primary amides is 1. The molecule has 1 fully saturated rings. The number of carbonyl (C=O) groups is 1. The molecule has 6 rings (SSSR count). The van der Waals surface area contributed by atoms with E-state index >= 15 is 0 Å². The maximum absolute atomic E-state index is 13.6. The third kappa shape index (κ3) is 7.47. The first kappa shape index (κ1) is 36.0. The van der Waals surface area contributed by atoms with Gasteiger partial charge in [-0.05, 0) is 47.4 Å². The van der Waals surface area contributed by atoms with Gasteiger partial charge in [-0.1, -0.05) is 127 Å². The Balaban J connectivity index is 1.55. The molecule has 1 aliphatic heterocycles. The number of aliphatic hydroxyl groups is 4. The van der Waals surface area contributed by atoms with Crippen molar-refractivity contribution in [2.24, 2.45) is 5.73 Å². The summed E-state index contributed by atoms with van der Waals surface area (Å²) >= 11 is 0. The van der Waals surface area contributed by atoms with Crippen molar-refractivity contribution in [2.45, 2.75) is 73.8 Å². The largest absolute Gasteiger partial charge is 0.488 e. The molecule has 8 heteroatoms. The highest BCUT2D eigenvalue weighted by molar-refractivity contribution is 5.93. The van der Waals surface area contributed by atoms with E-state index in [9.17, 15) is 25.2 Å². The second-order valence-electron chi connectivity index (χ2n) is 13.6. The Morgan fingerprint density at radius 1 is 0.667 bits per heavy atom. The van der Waals surface area contributed by atoms with Crippen LogP contribution in [0, 0.1) is 0 Å². The van der Waals surface area contributed by atoms with Crippen molar-refractivity contribution in [2.75, 3.05) is 0 Å². The molecule has 5 aromatic carbocycles. The van der Waals surface area contributed by atoms with Crippen LogP contribution in [0.1, 0.15) is 39.5 Å². The van der Waals surface area contributed by atoms with Gasteiger partial charge >= 0.3 is 0 Å². The Kier molecular flexibility index (Phi) is 10.7. The highest BCUT2D eigenvalue weighted by atomic mass is 16.6. The van der Waals surface area contributed by atoms with Crippen LogP contribution in [-0.4, -0.2) is 67.6 Å². The lowest BCUT2D eigenvalue weighted by molar-refractivity contribution is -0.373. The van der Waals surface area contributed by atoms with Crippen LogP contribution in [0.3, 0.4) is 0 Å². The standard InChI is InChI=1S/C43H45NO7/c1-30(50-36-24-14-23-35(26-36)40(44)46)38-41(47,27-32-17-8-3-9-18-32)43(49,29-34-21-12-5-13-22-34)42(48,28-33-19-10-4-11-20-33)39(51-38)37(45)25-31-15-6-2-7-16-31/h2-24,26,30,37-39,45,47-49H,25,27-29H2,1H3,(H2,44,46)/t30?,37?,38-,39+,41-,42+,43+/m0/s1. The second kappa shape index (κ2) is 15.2. The fourth-order valence-electron chi connectivity index (χ4n) is 7.60. The summed E-state index contributed by atoms with van der Waals surface area (Å²) in [7, 11) is 0. The van der Waals surface area contributed by atoms with E-state index in [1.165, 1.54) is 6.07 Å². The molecule has 1 saturated heterocycles. The molecule has 7 atom stereocenters. The summed E-state index contributed by atoms with van der Waals surface area (Å²) < 4.78 is 13.2. The molecule has 0 bridgehead atoms. The van der Waals surface area contributed by atoms with Crippen LogP contribution in [-0.2, 0) is 30.4 Å². The molecule has 2 unspecified atom stereocenters. The first-order valence-corrected chi connectivity index (χ1v) is 17.3. The molecule has 51 heavy (non-hydrogen) atoms. The van der Waals surface area contributed by atoms with Crippen LogP contribution < -0.4 is 10.5 Å². The second-order valence-corrected chi connectivity index (χ2v) is 13.6. The first-order valence-electron chi connectivity index (χ1n) is 17.3. The van der Waals surface area contributed by atoms with E-state index in [1.807, 2.05) is 121 Å². The van der Waals surface area contributed by atoms with Crippen molar-refractivity contribution >= 4 is 5.91 Å². The smallest absolute Gasteiger partial charge is 0.248 e. The fourth-order valence-corrected chi connectivity index (χ4v) is 7.60. The SMILES string of the molecule is CC(Oc1cccc(C(N)=O)c1)[C@@H]1O[C@H](C(O)Cc2ccccc2)[C@](O)(Cc2ccccc2)[C@@](O)(Cc2ccccc2)[C@]1(O)Cc1ccccc1. The molecule has 1 heterocycles. The molecular weight excluding hydrogens is 642 g/mol. The highest BCUT2D eigenvalue weighted by Crippen LogP contribution is 2.51. The Morgan fingerprint density at radius 2 is 1.12 bits per heavy atom. The van der Waals surface area contributed by atoms with E-state index in [4.69, 9.17) is 15.2 Å². The van der Waals surface area contributed by atoms with Crippen LogP contribution in [0.25, 0.3) is 0 Å². The zero-order chi connectivity index (χ0) is 36.1. The molecule has 1 aliphatic rings. The molecule has 8 nitrogen and oxygen atoms in total. The lowest BCUT2D eigenvalue weighted by Gasteiger charge is -2.63. The third-order valence-corrected chi connectivity index (χ3v) is 10.1. The number of ether oxygens (including phenoxy) is 2.